The van der Waals surface area contributed by atoms with Crippen LogP contribution in [-0.2, 0) is 0 Å². The van der Waals surface area contributed by atoms with Crippen molar-refractivity contribution >= 4 is 5.84 Å². The monoisotopic (exact) mass is 283 g/mol. The highest BCUT2D eigenvalue weighted by molar-refractivity contribution is 5.85. The Balaban J connectivity index is 2.13. The SMILES string of the molecule is CC1CCCC(NCCCCC(C)(C)C(N)=NO)CC1. The summed E-state index contributed by atoms with van der Waals surface area (Å²) in [5, 5.41) is 15.6. The minimum Gasteiger partial charge on any atom is -0.409 e. The third-order valence-corrected chi connectivity index (χ3v) is 4.72. The van der Waals surface area contributed by atoms with Gasteiger partial charge in [0, 0.05) is 11.5 Å². The Morgan fingerprint density at radius 3 is 2.70 bits per heavy atom. The van der Waals surface area contributed by atoms with Gasteiger partial charge in [-0.15, -0.1) is 0 Å². The van der Waals surface area contributed by atoms with Crippen LogP contribution in [0.25, 0.3) is 0 Å². The number of hydrogen-bond donors (Lipinski definition) is 3. The molecule has 4 nitrogen and oxygen atoms in total. The van der Waals surface area contributed by atoms with Crippen LogP contribution in [0.1, 0.15) is 72.1 Å². The van der Waals surface area contributed by atoms with Crippen LogP contribution in [0.4, 0.5) is 0 Å². The van der Waals surface area contributed by atoms with Crippen molar-refractivity contribution in [3.8, 4) is 0 Å². The summed E-state index contributed by atoms with van der Waals surface area (Å²) in [6.07, 6.45) is 10.0. The fourth-order valence-electron chi connectivity index (χ4n) is 2.95. The van der Waals surface area contributed by atoms with Crippen molar-refractivity contribution in [1.82, 2.24) is 5.32 Å². The molecule has 4 heteroatoms. The van der Waals surface area contributed by atoms with Crippen LogP contribution < -0.4 is 11.1 Å². The second kappa shape index (κ2) is 8.50. The Kier molecular flexibility index (Phi) is 7.35. The van der Waals surface area contributed by atoms with Gasteiger partial charge in [-0.2, -0.15) is 0 Å². The lowest BCUT2D eigenvalue weighted by molar-refractivity contribution is 0.304. The van der Waals surface area contributed by atoms with E-state index in [9.17, 15) is 0 Å². The van der Waals surface area contributed by atoms with E-state index in [0.29, 0.717) is 5.84 Å². The molecule has 4 N–H and O–H groups in total. The molecular formula is C16H33N3O. The molecule has 118 valence electrons. The average molecular weight is 283 g/mol. The van der Waals surface area contributed by atoms with Crippen LogP contribution in [0.2, 0.25) is 0 Å². The fraction of sp³-hybridized carbons (Fsp3) is 0.938. The molecule has 2 atom stereocenters. The van der Waals surface area contributed by atoms with E-state index in [1.165, 1.54) is 32.1 Å². The molecule has 0 amide bonds. The van der Waals surface area contributed by atoms with Gasteiger partial charge >= 0.3 is 0 Å². The zero-order valence-electron chi connectivity index (χ0n) is 13.5. The van der Waals surface area contributed by atoms with Crippen molar-refractivity contribution in [3.63, 3.8) is 0 Å². The molecule has 0 aromatic rings. The number of hydrogen-bond acceptors (Lipinski definition) is 3. The van der Waals surface area contributed by atoms with E-state index in [4.69, 9.17) is 10.9 Å². The Morgan fingerprint density at radius 1 is 1.25 bits per heavy atom. The van der Waals surface area contributed by atoms with E-state index in [0.717, 1.165) is 37.8 Å². The second-order valence-corrected chi connectivity index (χ2v) is 7.09. The predicted molar refractivity (Wildman–Crippen MR) is 85.1 cm³/mol. The molecule has 0 saturated heterocycles. The van der Waals surface area contributed by atoms with Gasteiger partial charge in [0.2, 0.25) is 0 Å². The van der Waals surface area contributed by atoms with Crippen LogP contribution in [-0.4, -0.2) is 23.6 Å². The van der Waals surface area contributed by atoms with Gasteiger partial charge in [-0.1, -0.05) is 45.2 Å². The van der Waals surface area contributed by atoms with Crippen molar-refractivity contribution in [2.75, 3.05) is 6.54 Å². The Hall–Kier alpha value is -0.770. The average Bonchev–Trinajstić information content (AvgIpc) is 2.62. The number of unbranched alkanes of at least 4 members (excludes halogenated alkanes) is 1. The number of rotatable bonds is 7. The van der Waals surface area contributed by atoms with Gasteiger partial charge in [0.25, 0.3) is 0 Å². The molecule has 1 fully saturated rings. The van der Waals surface area contributed by atoms with Crippen LogP contribution in [0.3, 0.4) is 0 Å². The van der Waals surface area contributed by atoms with Crippen molar-refractivity contribution in [3.05, 3.63) is 0 Å². The summed E-state index contributed by atoms with van der Waals surface area (Å²) in [4.78, 5) is 0. The Morgan fingerprint density at radius 2 is 2.00 bits per heavy atom. The molecular weight excluding hydrogens is 250 g/mol. The molecule has 1 saturated carbocycles. The topological polar surface area (TPSA) is 70.6 Å². The number of amidine groups is 1. The molecule has 0 aliphatic heterocycles. The van der Waals surface area contributed by atoms with Crippen molar-refractivity contribution in [2.24, 2.45) is 22.2 Å². The summed E-state index contributed by atoms with van der Waals surface area (Å²) in [5.41, 5.74) is 5.50. The van der Waals surface area contributed by atoms with Crippen molar-refractivity contribution in [1.29, 1.82) is 0 Å². The summed E-state index contributed by atoms with van der Waals surface area (Å²) >= 11 is 0. The highest BCUT2D eigenvalue weighted by Gasteiger charge is 2.22. The molecule has 1 aliphatic rings. The third kappa shape index (κ3) is 6.12. The molecule has 2 unspecified atom stereocenters. The first kappa shape index (κ1) is 17.3. The van der Waals surface area contributed by atoms with Crippen molar-refractivity contribution in [2.45, 2.75) is 78.2 Å². The first-order valence-electron chi connectivity index (χ1n) is 8.17. The van der Waals surface area contributed by atoms with Crippen LogP contribution in [0.15, 0.2) is 5.16 Å². The van der Waals surface area contributed by atoms with E-state index in [1.54, 1.807) is 0 Å². The number of oxime groups is 1. The molecule has 1 aliphatic carbocycles. The Labute approximate surface area is 124 Å². The smallest absolute Gasteiger partial charge is 0.144 e. The first-order valence-corrected chi connectivity index (χ1v) is 8.17. The minimum atomic E-state index is -0.202. The van der Waals surface area contributed by atoms with Gasteiger partial charge in [0.1, 0.15) is 5.84 Å². The summed E-state index contributed by atoms with van der Waals surface area (Å²) in [6.45, 7) is 7.52. The molecule has 0 heterocycles. The maximum atomic E-state index is 8.74. The van der Waals surface area contributed by atoms with E-state index in [1.807, 2.05) is 13.8 Å². The largest absolute Gasteiger partial charge is 0.409 e. The number of nitrogens with zero attached hydrogens (tertiary/aromatic N) is 1. The lowest BCUT2D eigenvalue weighted by Crippen LogP contribution is -2.32. The van der Waals surface area contributed by atoms with Crippen molar-refractivity contribution < 1.29 is 5.21 Å². The zero-order chi connectivity index (χ0) is 15.0. The molecule has 0 bridgehead atoms. The second-order valence-electron chi connectivity index (χ2n) is 7.09. The maximum Gasteiger partial charge on any atom is 0.144 e. The first-order chi connectivity index (χ1) is 9.45. The molecule has 0 spiro atoms. The van der Waals surface area contributed by atoms with Gasteiger partial charge in [-0.05, 0) is 44.6 Å². The lowest BCUT2D eigenvalue weighted by Gasteiger charge is -2.23. The normalized spacial score (nSPS) is 25.4. The number of nitrogens with two attached hydrogens (primary N) is 1. The standard InChI is InChI=1S/C16H33N3O/c1-13-7-6-8-14(10-9-13)18-12-5-4-11-16(2,3)15(17)19-20/h13-14,18,20H,4-12H2,1-3H3,(H2,17,19). The summed E-state index contributed by atoms with van der Waals surface area (Å²) in [6, 6.07) is 0.719. The quantitative estimate of drug-likeness (QED) is 0.167. The maximum absolute atomic E-state index is 8.74. The van der Waals surface area contributed by atoms with E-state index in [2.05, 4.69) is 17.4 Å². The minimum absolute atomic E-state index is 0.202. The zero-order valence-corrected chi connectivity index (χ0v) is 13.5. The van der Waals surface area contributed by atoms with E-state index < -0.39 is 0 Å². The Bertz CT molecular complexity index is 302. The van der Waals surface area contributed by atoms with Gasteiger partial charge in [-0.3, -0.25) is 0 Å². The summed E-state index contributed by atoms with van der Waals surface area (Å²) < 4.78 is 0. The van der Waals surface area contributed by atoms with Crippen LogP contribution >= 0.6 is 0 Å². The highest BCUT2D eigenvalue weighted by Crippen LogP contribution is 2.24. The van der Waals surface area contributed by atoms with Crippen LogP contribution in [0, 0.1) is 11.3 Å². The molecule has 1 rings (SSSR count). The fourth-order valence-corrected chi connectivity index (χ4v) is 2.95. The van der Waals surface area contributed by atoms with Gasteiger partial charge in [-0.25, -0.2) is 0 Å². The molecule has 0 radical (unpaired) electrons. The molecule has 0 aromatic heterocycles. The van der Waals surface area contributed by atoms with Crippen LogP contribution in [0.5, 0.6) is 0 Å². The predicted octanol–water partition coefficient (Wildman–Crippen LogP) is 3.49. The summed E-state index contributed by atoms with van der Waals surface area (Å²) in [7, 11) is 0. The number of nitrogens with one attached hydrogen (secondary N) is 1. The van der Waals surface area contributed by atoms with Gasteiger partial charge < -0.3 is 16.3 Å². The van der Waals surface area contributed by atoms with E-state index >= 15 is 0 Å². The molecule has 0 aromatic carbocycles. The lowest BCUT2D eigenvalue weighted by atomic mass is 9.86. The van der Waals surface area contributed by atoms with Gasteiger partial charge in [0.05, 0.1) is 0 Å². The third-order valence-electron chi connectivity index (χ3n) is 4.72. The van der Waals surface area contributed by atoms with Gasteiger partial charge in [0.15, 0.2) is 0 Å². The van der Waals surface area contributed by atoms with E-state index in [-0.39, 0.29) is 5.41 Å². The summed E-state index contributed by atoms with van der Waals surface area (Å²) in [5.74, 6) is 1.24. The highest BCUT2D eigenvalue weighted by atomic mass is 16.4. The molecule has 20 heavy (non-hydrogen) atoms.